The molecule has 0 unspecified atom stereocenters. The Morgan fingerprint density at radius 3 is 2.50 bits per heavy atom. The fraction of sp³-hybridized carbons (Fsp3) is 0.417. The number of nitrogens with zero attached hydrogens (tertiary/aromatic N) is 3. The van der Waals surface area contributed by atoms with E-state index in [4.69, 9.17) is 4.98 Å². The molecule has 0 spiro atoms. The number of unbranched alkanes of at least 4 members (excludes halogenated alkanes) is 1. The molecule has 148 valence electrons. The van der Waals surface area contributed by atoms with Gasteiger partial charge >= 0.3 is 0 Å². The van der Waals surface area contributed by atoms with Gasteiger partial charge in [0, 0.05) is 18.7 Å². The summed E-state index contributed by atoms with van der Waals surface area (Å²) in [6, 6.07) is 16.1. The maximum Gasteiger partial charge on any atom is 0.254 e. The average Bonchev–Trinajstić information content (AvgIpc) is 3.02. The van der Waals surface area contributed by atoms with Crippen LogP contribution in [0.4, 0.5) is 0 Å². The van der Waals surface area contributed by atoms with E-state index in [1.807, 2.05) is 42.2 Å². The summed E-state index contributed by atoms with van der Waals surface area (Å²) >= 11 is 0. The maximum atomic E-state index is 13.2. The molecule has 3 rings (SSSR count). The lowest BCUT2D eigenvalue weighted by Crippen LogP contribution is -2.34. The van der Waals surface area contributed by atoms with Gasteiger partial charge in [-0.15, -0.1) is 0 Å². The molecule has 0 atom stereocenters. The van der Waals surface area contributed by atoms with Crippen molar-refractivity contribution < 1.29 is 4.79 Å². The highest BCUT2D eigenvalue weighted by atomic mass is 16.2. The number of hydrogen-bond donors (Lipinski definition) is 0. The third-order valence-electron chi connectivity index (χ3n) is 4.97. The molecule has 0 fully saturated rings. The van der Waals surface area contributed by atoms with Gasteiger partial charge in [0.2, 0.25) is 0 Å². The largest absolute Gasteiger partial charge is 0.331 e. The highest BCUT2D eigenvalue weighted by molar-refractivity contribution is 5.94. The lowest BCUT2D eigenvalue weighted by Gasteiger charge is -2.25. The van der Waals surface area contributed by atoms with Crippen LogP contribution in [0.1, 0.15) is 55.4 Å². The summed E-state index contributed by atoms with van der Waals surface area (Å²) in [5.41, 5.74) is 4.05. The van der Waals surface area contributed by atoms with Crippen molar-refractivity contribution in [3.63, 3.8) is 0 Å². The number of amides is 1. The van der Waals surface area contributed by atoms with Crippen LogP contribution in [0.15, 0.2) is 48.5 Å². The Morgan fingerprint density at radius 1 is 1.11 bits per heavy atom. The first-order valence-corrected chi connectivity index (χ1v) is 10.3. The minimum atomic E-state index is 0.0720. The number of para-hydroxylation sites is 2. The first kappa shape index (κ1) is 20.1. The molecular formula is C24H31N3O. The standard InChI is InChI=1S/C24H31N3O/c1-5-6-15-27-22-10-8-7-9-21(22)25-23(27)17-26(16-18(2)3)24(28)20-13-11-19(4)12-14-20/h7-14,18H,5-6,15-17H2,1-4H3. The topological polar surface area (TPSA) is 38.1 Å². The van der Waals surface area contributed by atoms with Crippen molar-refractivity contribution in [2.24, 2.45) is 5.92 Å². The van der Waals surface area contributed by atoms with Gasteiger partial charge in [-0.1, -0.05) is 57.0 Å². The zero-order valence-electron chi connectivity index (χ0n) is 17.5. The van der Waals surface area contributed by atoms with Crippen molar-refractivity contribution in [3.05, 3.63) is 65.5 Å². The molecule has 0 radical (unpaired) electrons. The average molecular weight is 378 g/mol. The monoisotopic (exact) mass is 377 g/mol. The van der Waals surface area contributed by atoms with Gasteiger partial charge in [-0.05, 0) is 43.5 Å². The van der Waals surface area contributed by atoms with Crippen molar-refractivity contribution in [1.82, 2.24) is 14.5 Å². The smallest absolute Gasteiger partial charge is 0.254 e. The van der Waals surface area contributed by atoms with E-state index < -0.39 is 0 Å². The quantitative estimate of drug-likeness (QED) is 0.524. The molecular weight excluding hydrogens is 346 g/mol. The van der Waals surface area contributed by atoms with Crippen molar-refractivity contribution >= 4 is 16.9 Å². The summed E-state index contributed by atoms with van der Waals surface area (Å²) in [5, 5.41) is 0. The number of imidazole rings is 1. The number of aromatic nitrogens is 2. The molecule has 1 aromatic heterocycles. The van der Waals surface area contributed by atoms with Gasteiger partial charge in [0.15, 0.2) is 0 Å². The predicted octanol–water partition coefficient (Wildman–Crippen LogP) is 5.44. The van der Waals surface area contributed by atoms with Crippen LogP contribution in [0.2, 0.25) is 0 Å². The van der Waals surface area contributed by atoms with E-state index in [1.165, 1.54) is 0 Å². The number of carbonyl (C=O) groups is 1. The van der Waals surface area contributed by atoms with E-state index in [-0.39, 0.29) is 5.91 Å². The molecule has 0 saturated heterocycles. The summed E-state index contributed by atoms with van der Waals surface area (Å²) in [7, 11) is 0. The van der Waals surface area contributed by atoms with E-state index in [9.17, 15) is 4.79 Å². The molecule has 28 heavy (non-hydrogen) atoms. The molecule has 1 heterocycles. The Balaban J connectivity index is 1.94. The van der Waals surface area contributed by atoms with Crippen LogP contribution in [-0.4, -0.2) is 26.9 Å². The molecule has 0 N–H and O–H groups in total. The maximum absolute atomic E-state index is 13.2. The van der Waals surface area contributed by atoms with Crippen LogP contribution in [0.25, 0.3) is 11.0 Å². The minimum absolute atomic E-state index is 0.0720. The zero-order valence-corrected chi connectivity index (χ0v) is 17.5. The number of rotatable bonds is 8. The fourth-order valence-electron chi connectivity index (χ4n) is 3.52. The second kappa shape index (κ2) is 9.05. The number of carbonyl (C=O) groups excluding carboxylic acids is 1. The molecule has 0 aliphatic heterocycles. The van der Waals surface area contributed by atoms with E-state index in [0.29, 0.717) is 19.0 Å². The van der Waals surface area contributed by atoms with Gasteiger partial charge in [-0.25, -0.2) is 4.98 Å². The highest BCUT2D eigenvalue weighted by Crippen LogP contribution is 2.20. The van der Waals surface area contributed by atoms with Gasteiger partial charge in [-0.2, -0.15) is 0 Å². The van der Waals surface area contributed by atoms with Crippen LogP contribution < -0.4 is 0 Å². The lowest BCUT2D eigenvalue weighted by molar-refractivity contribution is 0.0716. The van der Waals surface area contributed by atoms with Gasteiger partial charge < -0.3 is 9.47 Å². The molecule has 2 aromatic carbocycles. The second-order valence-corrected chi connectivity index (χ2v) is 7.97. The van der Waals surface area contributed by atoms with Crippen LogP contribution in [0.5, 0.6) is 0 Å². The second-order valence-electron chi connectivity index (χ2n) is 7.97. The van der Waals surface area contributed by atoms with Crippen LogP contribution in [-0.2, 0) is 13.1 Å². The van der Waals surface area contributed by atoms with Gasteiger partial charge in [0.25, 0.3) is 5.91 Å². The molecule has 4 heteroatoms. The number of aryl methyl sites for hydroxylation is 2. The van der Waals surface area contributed by atoms with Crippen molar-refractivity contribution in [2.75, 3.05) is 6.54 Å². The van der Waals surface area contributed by atoms with Crippen molar-refractivity contribution in [3.8, 4) is 0 Å². The van der Waals surface area contributed by atoms with E-state index in [1.54, 1.807) is 0 Å². The molecule has 0 saturated carbocycles. The van der Waals surface area contributed by atoms with Crippen LogP contribution in [0.3, 0.4) is 0 Å². The Bertz CT molecular complexity index is 925. The zero-order chi connectivity index (χ0) is 20.1. The summed E-state index contributed by atoms with van der Waals surface area (Å²) in [4.78, 5) is 20.0. The number of benzene rings is 2. The number of fused-ring (bicyclic) bond motifs is 1. The molecule has 1 amide bonds. The summed E-state index contributed by atoms with van der Waals surface area (Å²) < 4.78 is 2.29. The Hall–Kier alpha value is -2.62. The summed E-state index contributed by atoms with van der Waals surface area (Å²) in [6.07, 6.45) is 2.23. The van der Waals surface area contributed by atoms with Crippen LogP contribution >= 0.6 is 0 Å². The Morgan fingerprint density at radius 2 is 1.82 bits per heavy atom. The minimum Gasteiger partial charge on any atom is -0.331 e. The van der Waals surface area contributed by atoms with Gasteiger partial charge in [-0.3, -0.25) is 4.79 Å². The summed E-state index contributed by atoms with van der Waals surface area (Å²) in [6.45, 7) is 10.7. The predicted molar refractivity (Wildman–Crippen MR) is 115 cm³/mol. The van der Waals surface area contributed by atoms with Crippen molar-refractivity contribution in [1.29, 1.82) is 0 Å². The van der Waals surface area contributed by atoms with E-state index in [0.717, 1.165) is 47.4 Å². The Kier molecular flexibility index (Phi) is 6.50. The molecule has 0 bridgehead atoms. The molecule has 3 aromatic rings. The van der Waals surface area contributed by atoms with E-state index in [2.05, 4.69) is 43.5 Å². The molecule has 0 aliphatic rings. The summed E-state index contributed by atoms with van der Waals surface area (Å²) in [5.74, 6) is 1.43. The third kappa shape index (κ3) is 4.61. The Labute approximate surface area is 168 Å². The van der Waals surface area contributed by atoms with Gasteiger partial charge in [0.1, 0.15) is 5.82 Å². The lowest BCUT2D eigenvalue weighted by atomic mass is 10.1. The third-order valence-corrected chi connectivity index (χ3v) is 4.97. The van der Waals surface area contributed by atoms with Gasteiger partial charge in [0.05, 0.1) is 17.6 Å². The normalized spacial score (nSPS) is 11.3. The number of hydrogen-bond acceptors (Lipinski definition) is 2. The highest BCUT2D eigenvalue weighted by Gasteiger charge is 2.20. The fourth-order valence-corrected chi connectivity index (χ4v) is 3.52. The first-order valence-electron chi connectivity index (χ1n) is 10.3. The van der Waals surface area contributed by atoms with Crippen molar-refractivity contribution in [2.45, 2.75) is 53.6 Å². The molecule has 4 nitrogen and oxygen atoms in total. The van der Waals surface area contributed by atoms with Crippen LogP contribution in [0, 0.1) is 12.8 Å². The SMILES string of the molecule is CCCCn1c(CN(CC(C)C)C(=O)c2ccc(C)cc2)nc2ccccc21. The molecule has 0 aliphatic carbocycles. The first-order chi connectivity index (χ1) is 13.5. The van der Waals surface area contributed by atoms with E-state index >= 15 is 0 Å².